The molecule has 2 unspecified atom stereocenters. The van der Waals surface area contributed by atoms with Crippen LogP contribution in [0.3, 0.4) is 0 Å². The van der Waals surface area contributed by atoms with Gasteiger partial charge in [-0.1, -0.05) is 26.0 Å². The summed E-state index contributed by atoms with van der Waals surface area (Å²) in [5, 5.41) is 3.46. The van der Waals surface area contributed by atoms with Gasteiger partial charge >= 0.3 is 0 Å². The molecule has 1 aromatic rings. The maximum absolute atomic E-state index is 13.8. The fourth-order valence-corrected chi connectivity index (χ4v) is 3.55. The number of nitrogens with one attached hydrogen (secondary N) is 1. The molecule has 2 nitrogen and oxygen atoms in total. The summed E-state index contributed by atoms with van der Waals surface area (Å²) in [7, 11) is 4.02. The molecule has 0 radical (unpaired) electrons. The van der Waals surface area contributed by atoms with E-state index in [0.717, 1.165) is 6.54 Å². The molecule has 19 heavy (non-hydrogen) atoms. The van der Waals surface area contributed by atoms with Crippen molar-refractivity contribution in [2.24, 2.45) is 11.3 Å². The van der Waals surface area contributed by atoms with Gasteiger partial charge < -0.3 is 10.2 Å². The van der Waals surface area contributed by atoms with Crippen molar-refractivity contribution in [1.82, 2.24) is 5.32 Å². The molecule has 1 N–H and O–H groups in total. The third kappa shape index (κ3) is 2.92. The van der Waals surface area contributed by atoms with Crippen LogP contribution in [0.15, 0.2) is 24.3 Å². The van der Waals surface area contributed by atoms with Crippen LogP contribution in [0.2, 0.25) is 0 Å². The molecule has 106 valence electrons. The van der Waals surface area contributed by atoms with Crippen molar-refractivity contribution in [2.75, 3.05) is 25.5 Å². The summed E-state index contributed by atoms with van der Waals surface area (Å²) in [5.41, 5.74) is 1.03. The Morgan fingerprint density at radius 3 is 2.68 bits per heavy atom. The Labute approximate surface area is 116 Å². The molecule has 1 fully saturated rings. The van der Waals surface area contributed by atoms with Gasteiger partial charge in [-0.05, 0) is 43.4 Å². The highest BCUT2D eigenvalue weighted by Crippen LogP contribution is 2.41. The highest BCUT2D eigenvalue weighted by Gasteiger charge is 2.41. The van der Waals surface area contributed by atoms with Gasteiger partial charge in [0.2, 0.25) is 0 Å². The summed E-state index contributed by atoms with van der Waals surface area (Å²) in [6, 6.07) is 7.51. The second kappa shape index (κ2) is 5.49. The number of halogens is 1. The van der Waals surface area contributed by atoms with Crippen molar-refractivity contribution < 1.29 is 4.39 Å². The summed E-state index contributed by atoms with van der Waals surface area (Å²) in [5.74, 6) is 0.438. The molecular weight excluding hydrogens is 239 g/mol. The first-order chi connectivity index (χ1) is 8.95. The largest absolute Gasteiger partial charge is 0.372 e. The Balaban J connectivity index is 2.08. The van der Waals surface area contributed by atoms with Crippen molar-refractivity contribution in [1.29, 1.82) is 0 Å². The zero-order valence-corrected chi connectivity index (χ0v) is 12.4. The lowest BCUT2D eigenvalue weighted by Gasteiger charge is -2.33. The van der Waals surface area contributed by atoms with Crippen LogP contribution in [-0.4, -0.2) is 26.7 Å². The minimum Gasteiger partial charge on any atom is -0.372 e. The van der Waals surface area contributed by atoms with Crippen molar-refractivity contribution >= 4 is 5.69 Å². The van der Waals surface area contributed by atoms with Gasteiger partial charge in [-0.2, -0.15) is 0 Å². The van der Waals surface area contributed by atoms with E-state index in [-0.39, 0.29) is 5.82 Å². The van der Waals surface area contributed by atoms with E-state index in [9.17, 15) is 4.39 Å². The maximum Gasteiger partial charge on any atom is 0.146 e. The maximum atomic E-state index is 13.8. The predicted octanol–water partition coefficient (Wildman–Crippen LogP) is 3.29. The molecule has 1 aliphatic rings. The molecule has 0 aliphatic heterocycles. The van der Waals surface area contributed by atoms with Crippen LogP contribution in [0.5, 0.6) is 0 Å². The van der Waals surface area contributed by atoms with E-state index in [1.54, 1.807) is 6.07 Å². The van der Waals surface area contributed by atoms with E-state index in [1.165, 1.54) is 18.9 Å². The van der Waals surface area contributed by atoms with Crippen LogP contribution in [0.4, 0.5) is 10.1 Å². The van der Waals surface area contributed by atoms with Crippen molar-refractivity contribution in [3.05, 3.63) is 30.1 Å². The Morgan fingerprint density at radius 1 is 1.37 bits per heavy atom. The first-order valence-corrected chi connectivity index (χ1v) is 7.08. The lowest BCUT2D eigenvalue weighted by Crippen LogP contribution is -2.43. The van der Waals surface area contributed by atoms with Crippen molar-refractivity contribution in [2.45, 2.75) is 32.7 Å². The molecule has 0 aromatic heterocycles. The average Bonchev–Trinajstić information content (AvgIpc) is 2.64. The van der Waals surface area contributed by atoms with Crippen LogP contribution in [0.25, 0.3) is 0 Å². The van der Waals surface area contributed by atoms with Crippen LogP contribution in [0, 0.1) is 17.2 Å². The molecule has 1 saturated carbocycles. The van der Waals surface area contributed by atoms with Gasteiger partial charge in [0.25, 0.3) is 0 Å². The molecule has 0 heterocycles. The van der Waals surface area contributed by atoms with E-state index in [1.807, 2.05) is 31.1 Å². The van der Waals surface area contributed by atoms with Gasteiger partial charge in [0.1, 0.15) is 5.82 Å². The number of nitrogens with zero attached hydrogens (tertiary/aromatic N) is 1. The van der Waals surface area contributed by atoms with Gasteiger partial charge in [-0.25, -0.2) is 4.39 Å². The Kier molecular flexibility index (Phi) is 4.14. The lowest BCUT2D eigenvalue weighted by molar-refractivity contribution is 0.263. The van der Waals surface area contributed by atoms with Crippen LogP contribution < -0.4 is 10.2 Å². The Hall–Kier alpha value is -1.09. The first kappa shape index (κ1) is 14.3. The van der Waals surface area contributed by atoms with Gasteiger partial charge in [-0.15, -0.1) is 0 Å². The number of rotatable bonds is 4. The normalized spacial score (nSPS) is 25.5. The fourth-order valence-electron chi connectivity index (χ4n) is 3.55. The number of anilines is 1. The Bertz CT molecular complexity index is 431. The van der Waals surface area contributed by atoms with Gasteiger partial charge in [0.15, 0.2) is 0 Å². The Morgan fingerprint density at radius 2 is 2.05 bits per heavy atom. The second-order valence-corrected chi connectivity index (χ2v) is 6.39. The van der Waals surface area contributed by atoms with Crippen molar-refractivity contribution in [3.63, 3.8) is 0 Å². The average molecular weight is 264 g/mol. The summed E-state index contributed by atoms with van der Waals surface area (Å²) >= 11 is 0. The minimum absolute atomic E-state index is 0.136. The highest BCUT2D eigenvalue weighted by molar-refractivity contribution is 5.46. The van der Waals surface area contributed by atoms with E-state index in [4.69, 9.17) is 0 Å². The molecule has 0 saturated heterocycles. The molecule has 2 rings (SSSR count). The van der Waals surface area contributed by atoms with E-state index in [0.29, 0.717) is 23.1 Å². The summed E-state index contributed by atoms with van der Waals surface area (Å²) in [6.07, 6.45) is 2.44. The van der Waals surface area contributed by atoms with Gasteiger partial charge in [0.05, 0.1) is 5.69 Å². The molecule has 1 aliphatic carbocycles. The summed E-state index contributed by atoms with van der Waals surface area (Å²) in [4.78, 5) is 2.05. The SMILES string of the molecule is CNC1C(CN(C)c2ccccc2F)CCC1(C)C. The topological polar surface area (TPSA) is 15.3 Å². The minimum atomic E-state index is -0.136. The van der Waals surface area contributed by atoms with E-state index < -0.39 is 0 Å². The monoisotopic (exact) mass is 264 g/mol. The number of hydrogen-bond donors (Lipinski definition) is 1. The number of para-hydroxylation sites is 1. The first-order valence-electron chi connectivity index (χ1n) is 7.08. The van der Waals surface area contributed by atoms with Crippen molar-refractivity contribution in [3.8, 4) is 0 Å². The third-order valence-electron chi connectivity index (χ3n) is 4.56. The molecule has 0 bridgehead atoms. The van der Waals surface area contributed by atoms with Gasteiger partial charge in [0, 0.05) is 19.6 Å². The lowest BCUT2D eigenvalue weighted by atomic mass is 9.85. The zero-order chi connectivity index (χ0) is 14.0. The highest BCUT2D eigenvalue weighted by atomic mass is 19.1. The van der Waals surface area contributed by atoms with E-state index >= 15 is 0 Å². The molecule has 0 spiro atoms. The van der Waals surface area contributed by atoms with Crippen LogP contribution in [-0.2, 0) is 0 Å². The third-order valence-corrected chi connectivity index (χ3v) is 4.56. The number of hydrogen-bond acceptors (Lipinski definition) is 2. The quantitative estimate of drug-likeness (QED) is 0.897. The number of benzene rings is 1. The second-order valence-electron chi connectivity index (χ2n) is 6.39. The molecule has 1 aromatic carbocycles. The smallest absolute Gasteiger partial charge is 0.146 e. The standard InChI is InChI=1S/C16H25FN2/c1-16(2)10-9-12(15(16)18-3)11-19(4)14-8-6-5-7-13(14)17/h5-8,12,15,18H,9-11H2,1-4H3. The van der Waals surface area contributed by atoms with Crippen LogP contribution >= 0.6 is 0 Å². The summed E-state index contributed by atoms with van der Waals surface area (Å²) < 4.78 is 13.8. The van der Waals surface area contributed by atoms with Crippen LogP contribution in [0.1, 0.15) is 26.7 Å². The van der Waals surface area contributed by atoms with E-state index in [2.05, 4.69) is 19.2 Å². The fraction of sp³-hybridized carbons (Fsp3) is 0.625. The molecular formula is C16H25FN2. The zero-order valence-electron chi connectivity index (χ0n) is 12.4. The molecule has 0 amide bonds. The molecule has 3 heteroatoms. The molecule has 2 atom stereocenters. The van der Waals surface area contributed by atoms with Gasteiger partial charge in [-0.3, -0.25) is 0 Å². The summed E-state index contributed by atoms with van der Waals surface area (Å²) in [6.45, 7) is 5.53. The predicted molar refractivity (Wildman–Crippen MR) is 79.0 cm³/mol.